The van der Waals surface area contributed by atoms with Gasteiger partial charge in [-0.15, -0.1) is 0 Å². The van der Waals surface area contributed by atoms with E-state index >= 15 is 0 Å². The van der Waals surface area contributed by atoms with Crippen molar-refractivity contribution in [2.24, 2.45) is 0 Å². The zero-order valence-corrected chi connectivity index (χ0v) is 62.5. The Balaban J connectivity index is 0.00000108. The van der Waals surface area contributed by atoms with Gasteiger partial charge in [0.2, 0.25) is 0 Å². The van der Waals surface area contributed by atoms with E-state index in [1.54, 1.807) is 0 Å². The molecule has 0 heterocycles. The monoisotopic (exact) mass is 1290 g/mol. The predicted molar refractivity (Wildman–Crippen MR) is 324 cm³/mol. The summed E-state index contributed by atoms with van der Waals surface area (Å²) in [6.07, 6.45) is -1.16. The van der Waals surface area contributed by atoms with Crippen LogP contribution < -0.4 is 210 Å². The zero-order valence-electron chi connectivity index (χ0n) is 52.5. The molecule has 15 aromatic rings. The molecule has 0 radical (unpaired) electrons. The number of carbonyl (C=O) groups is 5. The van der Waals surface area contributed by atoms with Crippen LogP contribution in [-0.4, -0.2) is 74.5 Å². The number of carbonyl (C=O) groups excluding carboxylic acids is 5. The normalized spacial score (nSPS) is 28.8. The first-order valence-electron chi connectivity index (χ1n) is 32.8. The molecule has 10 atom stereocenters. The Hall–Kier alpha value is -4.35. The number of aliphatic carboxylic acids is 5. The van der Waals surface area contributed by atoms with Gasteiger partial charge in [-0.25, -0.2) is 0 Å². The van der Waals surface area contributed by atoms with Crippen molar-refractivity contribution in [1.82, 2.24) is 26.2 Å². The second-order valence-electron chi connectivity index (χ2n) is 31.0. The number of nitrogens with zero attached hydrogens (tertiary/aromatic N) is 1. The third-order valence-corrected chi connectivity index (χ3v) is 29.8. The summed E-state index contributed by atoms with van der Waals surface area (Å²) < 4.78 is 0. The van der Waals surface area contributed by atoms with Crippen molar-refractivity contribution in [1.29, 1.82) is 0 Å². The van der Waals surface area contributed by atoms with Crippen LogP contribution in [0.15, 0.2) is 0 Å². The van der Waals surface area contributed by atoms with E-state index in [9.17, 15) is 49.5 Å². The van der Waals surface area contributed by atoms with E-state index in [4.69, 9.17) is 0 Å². The Kier molecular flexibility index (Phi) is 8.47. The Morgan fingerprint density at radius 3 is 1.20 bits per heavy atom. The van der Waals surface area contributed by atoms with Gasteiger partial charge in [0.1, 0.15) is 0 Å². The Bertz CT molecular complexity index is 7250. The molecule has 15 aromatic carbocycles. The second kappa shape index (κ2) is 14.7. The quantitative estimate of drug-likeness (QED) is 0.0409. The fraction of sp³-hybridized carbons (Fsp3) is 0.276. The summed E-state index contributed by atoms with van der Waals surface area (Å²) in [5, 5.41) is 120. The van der Waals surface area contributed by atoms with Crippen molar-refractivity contribution >= 4 is 187 Å². The number of carboxylic acids is 5. The maximum atomic E-state index is 13.4. The first-order valence-corrected chi connectivity index (χ1v) is 32.8. The van der Waals surface area contributed by atoms with Gasteiger partial charge < -0.3 is 70.8 Å². The summed E-state index contributed by atoms with van der Waals surface area (Å²) in [6, 6.07) is 0. The molecule has 426 valence electrons. The summed E-state index contributed by atoms with van der Waals surface area (Å²) in [5.74, 6) is -7.57. The molecular formula is C76H32N5Na5O10. The molecule has 17 aliphatic carbocycles. The third kappa shape index (κ3) is 3.91. The second-order valence-corrected chi connectivity index (χ2v) is 31.0. The van der Waals surface area contributed by atoms with E-state index < -0.39 is 69.4 Å². The Morgan fingerprint density at radius 1 is 0.312 bits per heavy atom. The van der Waals surface area contributed by atoms with Crippen LogP contribution in [0.2, 0.25) is 0 Å². The molecule has 4 N–H and O–H groups in total. The SMILES string of the molecule is CN(CCC(=O)[O-])C12C3=c4c5c6c7c8c9c%10c%11c%12c%13c%14c%15c%16c%17c%18c%19c%20c(c4c4c5c8c(c%139)c(c%14%18)c%194)C4(NCCC(=O)[O-])C5=c8c9c(c-%16c%13c%14c%16c(c-%11c%11c%18c(c%19c1c(c8c(c9%14)c%19c%18%16)C34)=C(C62)C7(NCCC(=O)[O-])C%11%10)C%13C%12%15NCCC(=O)[O-])C%17C5%20NCCC(=O)[O-].[Na+].[Na+].[Na+].[Na+].[Na+]. The van der Waals surface area contributed by atoms with E-state index in [0.717, 1.165) is 16.5 Å². The Morgan fingerprint density at radius 2 is 0.646 bits per heavy atom. The van der Waals surface area contributed by atoms with Crippen molar-refractivity contribution in [2.45, 2.75) is 89.4 Å². The zero-order chi connectivity index (χ0) is 58.6. The standard InChI is InChI=1S/C76H37N5O10.5Na/c1-81(11-6-16(90)91)76-64-51-24-20-19-25-26-21(24)31-42-37-41(26)58-40(25)38-43-34(19)55-36(20)57(64)68-69(76)54-35-22-23-17-18-27-28(22)52(54)66-65-44(27)33-30(18)46-45-29(17)32-39(23)63-56(35)70(76)67(53(31)51)73(63,78-8-3-13(84)85)59(42)47(32)49(37)60(45)72(58,77-7-2-12(82)83)61(46)50(38)48(33)62(43)74(65,79-9-4-14(86)87)71(55)75(66,68)80-10-5-15(88)89;;;;;/h58-59,62,68,70,77-80H,2-11H2,1H3,(H,82,83)(H,84,85)(H,86,87)(H,88,89)(H,90,91);;;;;/q;5*+1/p-5. The minimum Gasteiger partial charge on any atom is -0.550 e. The van der Waals surface area contributed by atoms with E-state index in [-0.39, 0.29) is 230 Å². The van der Waals surface area contributed by atoms with Crippen LogP contribution in [-0.2, 0) is 51.7 Å². The Labute approximate surface area is 646 Å². The summed E-state index contributed by atoms with van der Waals surface area (Å²) >= 11 is 0. The number of likely N-dealkylation sites (N-methyl/N-ethyl adjacent to an activating group) is 1. The van der Waals surface area contributed by atoms with Crippen LogP contribution in [0.25, 0.3) is 179 Å². The summed E-state index contributed by atoms with van der Waals surface area (Å²) in [7, 11) is 2.16. The average Bonchev–Trinajstić information content (AvgIpc) is 1.38. The number of nitrogens with one attached hydrogen (secondary N) is 4. The summed E-state index contributed by atoms with van der Waals surface area (Å²) in [5.41, 5.74) is 21.0. The van der Waals surface area contributed by atoms with Gasteiger partial charge in [0, 0.05) is 92.2 Å². The molecule has 20 heteroatoms. The van der Waals surface area contributed by atoms with Crippen molar-refractivity contribution in [2.75, 3.05) is 39.8 Å². The number of carboxylic acid groups (broad SMARTS) is 5. The number of benzene rings is 10. The summed E-state index contributed by atoms with van der Waals surface area (Å²) in [6.45, 7) is 0.613. The number of hydrogen-bond acceptors (Lipinski definition) is 15. The molecule has 0 aromatic heterocycles. The fourth-order valence-electron chi connectivity index (χ4n) is 29.6. The van der Waals surface area contributed by atoms with Crippen LogP contribution in [0.5, 0.6) is 0 Å². The first kappa shape index (κ1) is 55.3. The smallest absolute Gasteiger partial charge is 0.550 e. The molecule has 0 bridgehead atoms. The van der Waals surface area contributed by atoms with Crippen molar-refractivity contribution in [3.63, 3.8) is 0 Å². The van der Waals surface area contributed by atoms with Crippen molar-refractivity contribution in [3.05, 3.63) is 93.5 Å². The van der Waals surface area contributed by atoms with Crippen molar-refractivity contribution in [3.8, 4) is 22.3 Å². The molecule has 0 amide bonds. The first-order chi connectivity index (χ1) is 44.3. The maximum absolute atomic E-state index is 13.4. The number of hydrogen-bond donors (Lipinski definition) is 4. The van der Waals surface area contributed by atoms with Gasteiger partial charge in [-0.1, -0.05) is 0 Å². The van der Waals surface area contributed by atoms with E-state index in [1.807, 2.05) is 0 Å². The van der Waals surface area contributed by atoms with Gasteiger partial charge in [-0.2, -0.15) is 0 Å². The van der Waals surface area contributed by atoms with Gasteiger partial charge in [0.15, 0.2) is 0 Å². The average molecular weight is 1290 g/mol. The van der Waals surface area contributed by atoms with E-state index in [1.165, 1.54) is 256 Å². The van der Waals surface area contributed by atoms with Gasteiger partial charge in [0.05, 0.1) is 27.7 Å². The molecule has 0 spiro atoms. The van der Waals surface area contributed by atoms with Gasteiger partial charge in [-0.05, 0) is 312 Å². The molecule has 15 nitrogen and oxygen atoms in total. The maximum Gasteiger partial charge on any atom is 1.00 e. The molecule has 17 aliphatic rings. The largest absolute Gasteiger partial charge is 1.00 e. The molecule has 10 unspecified atom stereocenters. The molecule has 0 saturated heterocycles. The molecule has 0 fully saturated rings. The minimum absolute atomic E-state index is 0. The van der Waals surface area contributed by atoms with Crippen LogP contribution in [0.3, 0.4) is 0 Å². The molecule has 32 rings (SSSR count). The topological polar surface area (TPSA) is 252 Å². The third-order valence-electron chi connectivity index (χ3n) is 29.8. The van der Waals surface area contributed by atoms with Crippen molar-refractivity contribution < 1.29 is 197 Å². The molecule has 0 saturated carbocycles. The molecular weight excluding hydrogens is 1260 g/mol. The number of rotatable bonds is 20. The van der Waals surface area contributed by atoms with Crippen LogP contribution in [0.4, 0.5) is 0 Å². The van der Waals surface area contributed by atoms with E-state index in [0.29, 0.717) is 0 Å². The van der Waals surface area contributed by atoms with E-state index in [2.05, 4.69) is 33.2 Å². The predicted octanol–water partition coefficient (Wildman–Crippen LogP) is -14.0. The van der Waals surface area contributed by atoms with Gasteiger partial charge in [-0.3, -0.25) is 4.90 Å². The fourth-order valence-corrected chi connectivity index (χ4v) is 29.6. The van der Waals surface area contributed by atoms with Gasteiger partial charge >= 0.3 is 148 Å². The molecule has 0 aliphatic heterocycles. The van der Waals surface area contributed by atoms with Crippen LogP contribution >= 0.6 is 0 Å². The van der Waals surface area contributed by atoms with Crippen LogP contribution in [0, 0.1) is 0 Å². The summed E-state index contributed by atoms with van der Waals surface area (Å²) in [4.78, 5) is 68.7. The van der Waals surface area contributed by atoms with Crippen LogP contribution in [0.1, 0.15) is 140 Å². The minimum atomic E-state index is -1.17. The van der Waals surface area contributed by atoms with Gasteiger partial charge in [0.25, 0.3) is 0 Å². The molecule has 96 heavy (non-hydrogen) atoms.